The molecule has 4 rings (SSSR count). The van der Waals surface area contributed by atoms with Crippen molar-refractivity contribution in [2.24, 2.45) is 11.3 Å². The number of hydrogen-bond acceptors (Lipinski definition) is 4. The van der Waals surface area contributed by atoms with E-state index in [9.17, 15) is 14.7 Å². The summed E-state index contributed by atoms with van der Waals surface area (Å²) in [5.41, 5.74) is 1.08. The predicted octanol–water partition coefficient (Wildman–Crippen LogP) is 1.76. The van der Waals surface area contributed by atoms with Crippen LogP contribution in [0.25, 0.3) is 0 Å². The first-order chi connectivity index (χ1) is 13.0. The van der Waals surface area contributed by atoms with E-state index in [2.05, 4.69) is 9.80 Å². The molecule has 0 saturated carbocycles. The second-order valence-electron chi connectivity index (χ2n) is 8.57. The van der Waals surface area contributed by atoms with Crippen molar-refractivity contribution >= 4 is 11.9 Å². The van der Waals surface area contributed by atoms with Crippen LogP contribution in [0.3, 0.4) is 0 Å². The van der Waals surface area contributed by atoms with Crippen LogP contribution in [0.1, 0.15) is 35.2 Å². The van der Waals surface area contributed by atoms with Crippen LogP contribution in [-0.2, 0) is 11.3 Å². The molecule has 146 valence electrons. The zero-order chi connectivity index (χ0) is 19.0. The molecule has 3 fully saturated rings. The highest BCUT2D eigenvalue weighted by molar-refractivity contribution is 5.95. The maximum absolute atomic E-state index is 12.9. The Kier molecular flexibility index (Phi) is 4.95. The van der Waals surface area contributed by atoms with Gasteiger partial charge in [-0.05, 0) is 50.7 Å². The lowest BCUT2D eigenvalue weighted by Crippen LogP contribution is -2.41. The molecule has 1 aromatic rings. The summed E-state index contributed by atoms with van der Waals surface area (Å²) in [7, 11) is 1.95. The van der Waals surface area contributed by atoms with Gasteiger partial charge in [-0.2, -0.15) is 0 Å². The average molecular weight is 371 g/mol. The van der Waals surface area contributed by atoms with Crippen molar-refractivity contribution in [1.29, 1.82) is 0 Å². The number of hydrogen-bond donors (Lipinski definition) is 1. The first-order valence-electron chi connectivity index (χ1n) is 10.0. The Balaban J connectivity index is 1.42. The highest BCUT2D eigenvalue weighted by Gasteiger charge is 2.57. The molecule has 6 heteroatoms. The molecule has 0 radical (unpaired) electrons. The van der Waals surface area contributed by atoms with Crippen LogP contribution in [0.5, 0.6) is 0 Å². The molecule has 3 aliphatic rings. The Hall–Kier alpha value is -1.92. The first-order valence-corrected chi connectivity index (χ1v) is 10.0. The van der Waals surface area contributed by atoms with Gasteiger partial charge in [0.05, 0.1) is 0 Å². The molecule has 0 aliphatic carbocycles. The van der Waals surface area contributed by atoms with Crippen LogP contribution in [0, 0.1) is 11.3 Å². The number of benzene rings is 1. The molecule has 1 N–H and O–H groups in total. The Bertz CT molecular complexity index is 714. The van der Waals surface area contributed by atoms with E-state index in [0.717, 1.165) is 26.2 Å². The van der Waals surface area contributed by atoms with E-state index >= 15 is 0 Å². The van der Waals surface area contributed by atoms with Gasteiger partial charge in [-0.3, -0.25) is 14.5 Å². The zero-order valence-corrected chi connectivity index (χ0v) is 16.1. The van der Waals surface area contributed by atoms with Crippen LogP contribution in [0.2, 0.25) is 0 Å². The van der Waals surface area contributed by atoms with Crippen molar-refractivity contribution in [2.75, 3.05) is 46.3 Å². The van der Waals surface area contributed by atoms with Crippen LogP contribution >= 0.6 is 0 Å². The Morgan fingerprint density at radius 3 is 2.41 bits per heavy atom. The summed E-state index contributed by atoms with van der Waals surface area (Å²) in [6, 6.07) is 7.88. The number of carbonyl (C=O) groups excluding carboxylic acids is 1. The van der Waals surface area contributed by atoms with Crippen molar-refractivity contribution in [3.8, 4) is 0 Å². The van der Waals surface area contributed by atoms with E-state index in [-0.39, 0.29) is 11.8 Å². The van der Waals surface area contributed by atoms with Gasteiger partial charge in [-0.15, -0.1) is 0 Å². The molecule has 27 heavy (non-hydrogen) atoms. The SMILES string of the molecule is CN1CC2CN(C(=O)c3ccc(CN4CCCCC4)cc3)C[C@@]2(C(=O)O)C1. The van der Waals surface area contributed by atoms with E-state index in [1.54, 1.807) is 4.90 Å². The minimum absolute atomic E-state index is 0.0160. The summed E-state index contributed by atoms with van der Waals surface area (Å²) < 4.78 is 0. The van der Waals surface area contributed by atoms with Crippen molar-refractivity contribution in [3.05, 3.63) is 35.4 Å². The van der Waals surface area contributed by atoms with Crippen LogP contribution < -0.4 is 0 Å². The van der Waals surface area contributed by atoms with E-state index in [1.165, 1.54) is 24.8 Å². The molecular formula is C21H29N3O3. The number of piperidine rings is 1. The van der Waals surface area contributed by atoms with Crippen LogP contribution in [0.15, 0.2) is 24.3 Å². The lowest BCUT2D eigenvalue weighted by atomic mass is 9.81. The third-order valence-corrected chi connectivity index (χ3v) is 6.55. The fraction of sp³-hybridized carbons (Fsp3) is 0.619. The number of nitrogens with zero attached hydrogens (tertiary/aromatic N) is 3. The third-order valence-electron chi connectivity index (χ3n) is 6.55. The number of carbonyl (C=O) groups is 2. The molecule has 3 aliphatic heterocycles. The summed E-state index contributed by atoms with van der Waals surface area (Å²) >= 11 is 0. The molecule has 3 saturated heterocycles. The van der Waals surface area contributed by atoms with E-state index in [0.29, 0.717) is 25.2 Å². The summed E-state index contributed by atoms with van der Waals surface area (Å²) in [6.07, 6.45) is 3.87. The van der Waals surface area contributed by atoms with Gasteiger partial charge in [-0.1, -0.05) is 18.6 Å². The van der Waals surface area contributed by atoms with Crippen molar-refractivity contribution in [3.63, 3.8) is 0 Å². The summed E-state index contributed by atoms with van der Waals surface area (Å²) in [5, 5.41) is 9.78. The number of likely N-dealkylation sites (tertiary alicyclic amines) is 3. The number of carboxylic acid groups (broad SMARTS) is 1. The quantitative estimate of drug-likeness (QED) is 0.874. The van der Waals surface area contributed by atoms with Gasteiger partial charge in [0.1, 0.15) is 5.41 Å². The Labute approximate surface area is 160 Å². The molecule has 1 unspecified atom stereocenters. The van der Waals surface area contributed by atoms with Crippen molar-refractivity contribution < 1.29 is 14.7 Å². The second kappa shape index (κ2) is 7.24. The monoisotopic (exact) mass is 371 g/mol. The lowest BCUT2D eigenvalue weighted by molar-refractivity contribution is -0.148. The minimum atomic E-state index is -0.807. The third kappa shape index (κ3) is 3.48. The molecule has 3 heterocycles. The van der Waals surface area contributed by atoms with Gasteiger partial charge in [0, 0.05) is 44.2 Å². The average Bonchev–Trinajstić information content (AvgIpc) is 3.16. The molecule has 0 bridgehead atoms. The summed E-state index contributed by atoms with van der Waals surface area (Å²) in [5.74, 6) is -0.802. The summed E-state index contributed by atoms with van der Waals surface area (Å²) in [6.45, 7) is 5.35. The van der Waals surface area contributed by atoms with Crippen molar-refractivity contribution in [2.45, 2.75) is 25.8 Å². The number of amides is 1. The highest BCUT2D eigenvalue weighted by Crippen LogP contribution is 2.42. The molecule has 0 aromatic heterocycles. The number of rotatable bonds is 4. The fourth-order valence-corrected chi connectivity index (χ4v) is 5.08. The fourth-order valence-electron chi connectivity index (χ4n) is 5.08. The van der Waals surface area contributed by atoms with Crippen LogP contribution in [-0.4, -0.2) is 78.0 Å². The highest BCUT2D eigenvalue weighted by atomic mass is 16.4. The number of carboxylic acids is 1. The molecule has 0 spiro atoms. The standard InChI is InChI=1S/C21H29N3O3/c1-22-12-18-13-24(15-21(18,14-22)20(26)27)19(25)17-7-5-16(6-8-17)11-23-9-3-2-4-10-23/h5-8,18H,2-4,9-15H2,1H3,(H,26,27)/t18?,21-/m0/s1. The predicted molar refractivity (Wildman–Crippen MR) is 103 cm³/mol. The molecule has 6 nitrogen and oxygen atoms in total. The Morgan fingerprint density at radius 2 is 1.78 bits per heavy atom. The molecular weight excluding hydrogens is 342 g/mol. The van der Waals surface area contributed by atoms with Crippen molar-refractivity contribution in [1.82, 2.24) is 14.7 Å². The van der Waals surface area contributed by atoms with Gasteiger partial charge in [0.2, 0.25) is 0 Å². The van der Waals surface area contributed by atoms with E-state index < -0.39 is 11.4 Å². The van der Waals surface area contributed by atoms with Gasteiger partial charge < -0.3 is 14.9 Å². The topological polar surface area (TPSA) is 64.1 Å². The van der Waals surface area contributed by atoms with Gasteiger partial charge in [0.15, 0.2) is 0 Å². The maximum Gasteiger partial charge on any atom is 0.313 e. The van der Waals surface area contributed by atoms with E-state index in [1.807, 2.05) is 31.3 Å². The molecule has 2 atom stereocenters. The number of aliphatic carboxylic acids is 1. The zero-order valence-electron chi connectivity index (χ0n) is 16.1. The van der Waals surface area contributed by atoms with Gasteiger partial charge >= 0.3 is 5.97 Å². The molecule has 1 aromatic carbocycles. The second-order valence-corrected chi connectivity index (χ2v) is 8.57. The maximum atomic E-state index is 12.9. The largest absolute Gasteiger partial charge is 0.481 e. The Morgan fingerprint density at radius 1 is 1.07 bits per heavy atom. The van der Waals surface area contributed by atoms with E-state index in [4.69, 9.17) is 0 Å². The molecule has 1 amide bonds. The lowest BCUT2D eigenvalue weighted by Gasteiger charge is -2.26. The smallest absolute Gasteiger partial charge is 0.313 e. The summed E-state index contributed by atoms with van der Waals surface area (Å²) in [4.78, 5) is 31.1. The number of fused-ring (bicyclic) bond motifs is 1. The van der Waals surface area contributed by atoms with Crippen LogP contribution in [0.4, 0.5) is 0 Å². The minimum Gasteiger partial charge on any atom is -0.481 e. The first kappa shape index (κ1) is 18.4. The van der Waals surface area contributed by atoms with Gasteiger partial charge in [-0.25, -0.2) is 0 Å². The van der Waals surface area contributed by atoms with Gasteiger partial charge in [0.25, 0.3) is 5.91 Å². The normalized spacial score (nSPS) is 29.1.